The maximum absolute atomic E-state index is 11.3. The Balaban J connectivity index is 2.16. The quantitative estimate of drug-likeness (QED) is 0.590. The van der Waals surface area contributed by atoms with Crippen molar-refractivity contribution in [3.63, 3.8) is 0 Å². The molecule has 1 aromatic carbocycles. The maximum Gasteiger partial charge on any atom is 0.407 e. The van der Waals surface area contributed by atoms with Gasteiger partial charge >= 0.3 is 6.09 Å². The predicted octanol–water partition coefficient (Wildman–Crippen LogP) is 2.99. The predicted molar refractivity (Wildman–Crippen MR) is 78.0 cm³/mol. The van der Waals surface area contributed by atoms with Gasteiger partial charge in [-0.25, -0.2) is 4.79 Å². The highest BCUT2D eigenvalue weighted by Crippen LogP contribution is 2.25. The molecular weight excluding hydrogens is 305 g/mol. The normalized spacial score (nSPS) is 10.2. The molecule has 1 aromatic rings. The number of nitrogens with one attached hydrogen (secondary N) is 1. The molecule has 0 atom stereocenters. The second-order valence-electron chi connectivity index (χ2n) is 3.74. The highest BCUT2D eigenvalue weighted by molar-refractivity contribution is 6.44. The van der Waals surface area contributed by atoms with E-state index < -0.39 is 10.9 Å². The first-order chi connectivity index (χ1) is 9.63. The number of carbonyl (C=O) groups is 1. The van der Waals surface area contributed by atoms with Gasteiger partial charge in [0.1, 0.15) is 11.4 Å². The van der Waals surface area contributed by atoms with E-state index in [-0.39, 0.29) is 6.61 Å². The zero-order valence-electron chi connectivity index (χ0n) is 11.1. The van der Waals surface area contributed by atoms with Crippen molar-refractivity contribution in [1.29, 1.82) is 0 Å². The van der Waals surface area contributed by atoms with Gasteiger partial charge in [-0.15, -0.1) is 23.2 Å². The summed E-state index contributed by atoms with van der Waals surface area (Å²) in [6.07, 6.45) is -0.128. The van der Waals surface area contributed by atoms with Crippen LogP contribution in [-0.4, -0.2) is 37.8 Å². The molecule has 0 unspecified atom stereocenters. The van der Waals surface area contributed by atoms with Crippen LogP contribution in [0.25, 0.3) is 0 Å². The van der Waals surface area contributed by atoms with E-state index in [1.54, 1.807) is 19.2 Å². The van der Waals surface area contributed by atoms with Crippen molar-refractivity contribution >= 4 is 29.3 Å². The topological polar surface area (TPSA) is 56.8 Å². The molecule has 0 aliphatic rings. The number of ether oxygens (including phenoxy) is 3. The fourth-order valence-corrected chi connectivity index (χ4v) is 1.52. The maximum atomic E-state index is 11.3. The first kappa shape index (κ1) is 16.7. The first-order valence-corrected chi connectivity index (χ1v) is 6.95. The number of alkyl halides is 2. The third-order valence-corrected chi connectivity index (χ3v) is 2.70. The van der Waals surface area contributed by atoms with Crippen LogP contribution in [-0.2, 0) is 4.74 Å². The summed E-state index contributed by atoms with van der Waals surface area (Å²) in [5.74, 6) is 1.27. The molecule has 1 amide bonds. The van der Waals surface area contributed by atoms with E-state index in [0.717, 1.165) is 0 Å². The summed E-state index contributed by atoms with van der Waals surface area (Å²) in [6.45, 7) is 0.808. The summed E-state index contributed by atoms with van der Waals surface area (Å²) in [7, 11) is 1.57. The van der Waals surface area contributed by atoms with Crippen LogP contribution in [0.3, 0.4) is 0 Å². The number of methoxy groups -OCH3 is 1. The standard InChI is InChI=1S/C13H17Cl2NO4/c1-18-10-4-2-3-5-11(10)19-9-7-16-13(17)20-8-6-12(14)15/h2-5,12H,6-9H2,1H3,(H,16,17). The van der Waals surface area contributed by atoms with Gasteiger partial charge in [0, 0.05) is 6.42 Å². The van der Waals surface area contributed by atoms with Crippen molar-refractivity contribution in [1.82, 2.24) is 5.32 Å². The van der Waals surface area contributed by atoms with Crippen LogP contribution in [0.4, 0.5) is 4.79 Å². The number of halogens is 2. The summed E-state index contributed by atoms with van der Waals surface area (Å²) in [5.41, 5.74) is 0. The lowest BCUT2D eigenvalue weighted by Gasteiger charge is -2.11. The SMILES string of the molecule is COc1ccccc1OCCNC(=O)OCCC(Cl)Cl. The van der Waals surface area contributed by atoms with E-state index in [0.29, 0.717) is 31.1 Å². The second-order valence-corrected chi connectivity index (χ2v) is 5.02. The van der Waals surface area contributed by atoms with E-state index in [1.807, 2.05) is 12.1 Å². The van der Waals surface area contributed by atoms with E-state index >= 15 is 0 Å². The summed E-state index contributed by atoms with van der Waals surface area (Å²) in [5, 5.41) is 2.55. The van der Waals surface area contributed by atoms with E-state index in [9.17, 15) is 4.79 Å². The van der Waals surface area contributed by atoms with Crippen LogP contribution in [0.5, 0.6) is 11.5 Å². The number of amides is 1. The molecule has 7 heteroatoms. The van der Waals surface area contributed by atoms with Gasteiger partial charge in [-0.3, -0.25) is 0 Å². The molecule has 0 saturated carbocycles. The summed E-state index contributed by atoms with van der Waals surface area (Å²) in [4.78, 5) is 10.7. The molecule has 0 heterocycles. The Kier molecular flexibility index (Phi) is 7.99. The Morgan fingerprint density at radius 2 is 1.95 bits per heavy atom. The van der Waals surface area contributed by atoms with E-state index in [1.165, 1.54) is 0 Å². The van der Waals surface area contributed by atoms with Crippen molar-refractivity contribution < 1.29 is 19.0 Å². The molecule has 0 aliphatic heterocycles. The van der Waals surface area contributed by atoms with Gasteiger partial charge in [0.05, 0.1) is 20.3 Å². The number of rotatable bonds is 8. The molecule has 0 spiro atoms. The van der Waals surface area contributed by atoms with E-state index in [4.69, 9.17) is 37.4 Å². The molecule has 112 valence electrons. The van der Waals surface area contributed by atoms with Gasteiger partial charge in [-0.1, -0.05) is 12.1 Å². The smallest absolute Gasteiger partial charge is 0.407 e. The molecule has 0 aliphatic carbocycles. The van der Waals surface area contributed by atoms with Crippen molar-refractivity contribution in [2.24, 2.45) is 0 Å². The van der Waals surface area contributed by atoms with Crippen LogP contribution in [0.15, 0.2) is 24.3 Å². The Morgan fingerprint density at radius 1 is 1.25 bits per heavy atom. The van der Waals surface area contributed by atoms with Crippen LogP contribution in [0, 0.1) is 0 Å². The molecule has 1 N–H and O–H groups in total. The number of carbonyl (C=O) groups excluding carboxylic acids is 1. The molecule has 0 aromatic heterocycles. The molecule has 5 nitrogen and oxygen atoms in total. The Bertz CT molecular complexity index is 415. The highest BCUT2D eigenvalue weighted by atomic mass is 35.5. The molecule has 0 saturated heterocycles. The van der Waals surface area contributed by atoms with Gasteiger partial charge in [0.2, 0.25) is 0 Å². The van der Waals surface area contributed by atoms with Crippen molar-refractivity contribution in [2.75, 3.05) is 26.9 Å². The minimum absolute atomic E-state index is 0.177. The molecule has 0 fully saturated rings. The zero-order chi connectivity index (χ0) is 14.8. The lowest BCUT2D eigenvalue weighted by molar-refractivity contribution is 0.143. The Morgan fingerprint density at radius 3 is 2.60 bits per heavy atom. The number of hydrogen-bond donors (Lipinski definition) is 1. The molecule has 0 radical (unpaired) electrons. The van der Waals surface area contributed by atoms with Crippen LogP contribution in [0.2, 0.25) is 0 Å². The largest absolute Gasteiger partial charge is 0.493 e. The Hall–Kier alpha value is -1.33. The van der Waals surface area contributed by atoms with Crippen LogP contribution in [0.1, 0.15) is 6.42 Å². The molecule has 0 bridgehead atoms. The number of para-hydroxylation sites is 2. The van der Waals surface area contributed by atoms with Gasteiger partial charge in [-0.2, -0.15) is 0 Å². The van der Waals surface area contributed by atoms with Crippen LogP contribution >= 0.6 is 23.2 Å². The minimum atomic E-state index is -0.531. The van der Waals surface area contributed by atoms with E-state index in [2.05, 4.69) is 5.32 Å². The fourth-order valence-electron chi connectivity index (χ4n) is 1.34. The van der Waals surface area contributed by atoms with Crippen molar-refractivity contribution in [3.8, 4) is 11.5 Å². The minimum Gasteiger partial charge on any atom is -0.493 e. The summed E-state index contributed by atoms with van der Waals surface area (Å²) >= 11 is 11.0. The Labute approximate surface area is 128 Å². The van der Waals surface area contributed by atoms with Gasteiger partial charge in [-0.05, 0) is 12.1 Å². The van der Waals surface area contributed by atoms with Gasteiger partial charge in [0.15, 0.2) is 11.5 Å². The lowest BCUT2D eigenvalue weighted by Crippen LogP contribution is -2.29. The molecule has 20 heavy (non-hydrogen) atoms. The van der Waals surface area contributed by atoms with Crippen LogP contribution < -0.4 is 14.8 Å². The first-order valence-electron chi connectivity index (χ1n) is 6.08. The monoisotopic (exact) mass is 321 g/mol. The van der Waals surface area contributed by atoms with Gasteiger partial charge in [0.25, 0.3) is 0 Å². The summed E-state index contributed by atoms with van der Waals surface area (Å²) in [6, 6.07) is 7.28. The zero-order valence-corrected chi connectivity index (χ0v) is 12.6. The number of benzene rings is 1. The molecule has 1 rings (SSSR count). The number of hydrogen-bond acceptors (Lipinski definition) is 4. The molecular formula is C13H17Cl2NO4. The fraction of sp³-hybridized carbons (Fsp3) is 0.462. The summed E-state index contributed by atoms with van der Waals surface area (Å²) < 4.78 is 15.5. The van der Waals surface area contributed by atoms with Crippen molar-refractivity contribution in [2.45, 2.75) is 11.3 Å². The third kappa shape index (κ3) is 6.73. The lowest BCUT2D eigenvalue weighted by atomic mass is 10.3. The average molecular weight is 322 g/mol. The van der Waals surface area contributed by atoms with Crippen molar-refractivity contribution in [3.05, 3.63) is 24.3 Å². The highest BCUT2D eigenvalue weighted by Gasteiger charge is 2.05. The second kappa shape index (κ2) is 9.55. The number of alkyl carbamates (subject to hydrolysis) is 1. The van der Waals surface area contributed by atoms with Gasteiger partial charge < -0.3 is 19.5 Å². The third-order valence-electron chi connectivity index (χ3n) is 2.27. The average Bonchev–Trinajstić information content (AvgIpc) is 2.43.